The second-order valence-electron chi connectivity index (χ2n) is 6.12. The fourth-order valence-electron chi connectivity index (χ4n) is 2.66. The van der Waals surface area contributed by atoms with Crippen molar-refractivity contribution >= 4 is 11.6 Å². The molecule has 3 rings (SSSR count). The van der Waals surface area contributed by atoms with Crippen LogP contribution in [0.25, 0.3) is 0 Å². The molecule has 0 unspecified atom stereocenters. The van der Waals surface area contributed by atoms with Gasteiger partial charge in [0.2, 0.25) is 0 Å². The topological polar surface area (TPSA) is 42.0 Å². The van der Waals surface area contributed by atoms with E-state index < -0.39 is 0 Å². The highest BCUT2D eigenvalue weighted by molar-refractivity contribution is 5.94. The molecule has 1 amide bonds. The molecular weight excluding hydrogens is 304 g/mol. The van der Waals surface area contributed by atoms with Crippen LogP contribution >= 0.6 is 0 Å². The third kappa shape index (κ3) is 3.45. The van der Waals surface area contributed by atoms with Gasteiger partial charge in [0.05, 0.1) is 6.54 Å². The van der Waals surface area contributed by atoms with E-state index in [0.29, 0.717) is 18.7 Å². The molecule has 0 spiro atoms. The van der Waals surface area contributed by atoms with Crippen molar-refractivity contribution in [2.45, 2.75) is 6.10 Å². The highest BCUT2D eigenvalue weighted by Gasteiger charge is 2.24. The molecule has 1 aliphatic heterocycles. The molecule has 0 saturated heterocycles. The average molecular weight is 326 g/mol. The second kappa shape index (κ2) is 6.83. The lowest BCUT2D eigenvalue weighted by atomic mass is 10.1. The Morgan fingerprint density at radius 1 is 1.04 bits per heavy atom. The monoisotopic (exact) mass is 326 g/mol. The number of hydrogen-bond acceptors (Lipinski definition) is 4. The number of nitrogens with zero attached hydrogens (tertiary/aromatic N) is 2. The number of rotatable bonds is 4. The Kier molecular flexibility index (Phi) is 4.60. The summed E-state index contributed by atoms with van der Waals surface area (Å²) in [7, 11) is 5.73. The van der Waals surface area contributed by atoms with Gasteiger partial charge >= 0.3 is 0 Å². The summed E-state index contributed by atoms with van der Waals surface area (Å²) < 4.78 is 11.6. The predicted octanol–water partition coefficient (Wildman–Crippen LogP) is 2.66. The second-order valence-corrected chi connectivity index (χ2v) is 6.12. The summed E-state index contributed by atoms with van der Waals surface area (Å²) in [5.41, 5.74) is 1.73. The maximum atomic E-state index is 12.6. The lowest BCUT2D eigenvalue weighted by molar-refractivity contribution is 0.0521. The number of ether oxygens (including phenoxy) is 2. The molecule has 0 fully saturated rings. The van der Waals surface area contributed by atoms with Gasteiger partial charge in [0.15, 0.2) is 17.6 Å². The fourth-order valence-corrected chi connectivity index (χ4v) is 2.66. The van der Waals surface area contributed by atoms with E-state index in [0.717, 1.165) is 17.2 Å². The van der Waals surface area contributed by atoms with Crippen LogP contribution in [0.4, 0.5) is 5.69 Å². The first-order chi connectivity index (χ1) is 11.5. The van der Waals surface area contributed by atoms with Crippen molar-refractivity contribution < 1.29 is 14.3 Å². The van der Waals surface area contributed by atoms with E-state index in [9.17, 15) is 4.79 Å². The lowest BCUT2D eigenvalue weighted by Gasteiger charge is -2.29. The van der Waals surface area contributed by atoms with Crippen LogP contribution in [-0.4, -0.2) is 51.2 Å². The number of carbonyl (C=O) groups is 1. The van der Waals surface area contributed by atoms with Gasteiger partial charge in [-0.15, -0.1) is 0 Å². The molecule has 0 aromatic heterocycles. The Bertz CT molecular complexity index is 713. The van der Waals surface area contributed by atoms with Crippen molar-refractivity contribution in [2.24, 2.45) is 0 Å². The largest absolute Gasteiger partial charge is 0.486 e. The fraction of sp³-hybridized carbons (Fsp3) is 0.316. The summed E-state index contributed by atoms with van der Waals surface area (Å²) in [5.74, 6) is 1.45. The van der Waals surface area contributed by atoms with Gasteiger partial charge in [-0.2, -0.15) is 0 Å². The molecule has 24 heavy (non-hydrogen) atoms. The van der Waals surface area contributed by atoms with Gasteiger partial charge in [-0.3, -0.25) is 4.79 Å². The summed E-state index contributed by atoms with van der Waals surface area (Å²) in [4.78, 5) is 16.2. The normalized spacial score (nSPS) is 15.7. The van der Waals surface area contributed by atoms with E-state index >= 15 is 0 Å². The number of anilines is 1. The molecule has 126 valence electrons. The van der Waals surface area contributed by atoms with E-state index in [-0.39, 0.29) is 12.0 Å². The van der Waals surface area contributed by atoms with Gasteiger partial charge in [-0.25, -0.2) is 0 Å². The number of fused-ring (bicyclic) bond motifs is 1. The maximum Gasteiger partial charge on any atom is 0.253 e. The smallest absolute Gasteiger partial charge is 0.253 e. The van der Waals surface area contributed by atoms with Crippen LogP contribution in [0.1, 0.15) is 10.4 Å². The average Bonchev–Trinajstić information content (AvgIpc) is 2.61. The number of para-hydroxylation sites is 2. The van der Waals surface area contributed by atoms with E-state index in [4.69, 9.17) is 9.47 Å². The van der Waals surface area contributed by atoms with Gasteiger partial charge < -0.3 is 19.3 Å². The summed E-state index contributed by atoms with van der Waals surface area (Å²) in [5, 5.41) is 0. The standard InChI is InChI=1S/C19H22N2O3/c1-20(2)15-10-8-14(9-11-15)19(22)21(3)12-16-13-23-17-6-4-5-7-18(17)24-16/h4-11,16H,12-13H2,1-3H3/t16-/m1/s1. The number of likely N-dealkylation sites (N-methyl/N-ethyl adjacent to an activating group) is 1. The van der Waals surface area contributed by atoms with E-state index in [1.807, 2.05) is 67.5 Å². The van der Waals surface area contributed by atoms with Crippen LogP contribution in [0.15, 0.2) is 48.5 Å². The minimum Gasteiger partial charge on any atom is -0.486 e. The first kappa shape index (κ1) is 16.2. The van der Waals surface area contributed by atoms with Gasteiger partial charge in [0, 0.05) is 32.4 Å². The van der Waals surface area contributed by atoms with Gasteiger partial charge in [0.1, 0.15) is 6.61 Å². The Morgan fingerprint density at radius 3 is 2.38 bits per heavy atom. The Hall–Kier alpha value is -2.69. The van der Waals surface area contributed by atoms with Crippen molar-refractivity contribution in [2.75, 3.05) is 39.2 Å². The summed E-state index contributed by atoms with van der Waals surface area (Å²) in [6.45, 7) is 0.913. The number of benzene rings is 2. The van der Waals surface area contributed by atoms with Crippen molar-refractivity contribution in [3.63, 3.8) is 0 Å². The predicted molar refractivity (Wildman–Crippen MR) is 94.1 cm³/mol. The molecule has 5 nitrogen and oxygen atoms in total. The third-order valence-corrected chi connectivity index (χ3v) is 4.02. The molecule has 0 saturated carbocycles. The maximum absolute atomic E-state index is 12.6. The summed E-state index contributed by atoms with van der Waals surface area (Å²) in [6, 6.07) is 15.2. The van der Waals surface area contributed by atoms with Crippen LogP contribution in [0.5, 0.6) is 11.5 Å². The molecule has 0 N–H and O–H groups in total. The van der Waals surface area contributed by atoms with Crippen molar-refractivity contribution in [1.29, 1.82) is 0 Å². The van der Waals surface area contributed by atoms with Crippen molar-refractivity contribution in [3.05, 3.63) is 54.1 Å². The van der Waals surface area contributed by atoms with Gasteiger partial charge in [-0.05, 0) is 36.4 Å². The Labute approximate surface area is 142 Å². The van der Waals surface area contributed by atoms with Crippen LogP contribution in [0.2, 0.25) is 0 Å². The first-order valence-corrected chi connectivity index (χ1v) is 7.96. The quantitative estimate of drug-likeness (QED) is 0.866. The lowest BCUT2D eigenvalue weighted by Crippen LogP contribution is -2.41. The number of carbonyl (C=O) groups excluding carboxylic acids is 1. The molecule has 1 heterocycles. The zero-order valence-electron chi connectivity index (χ0n) is 14.2. The molecule has 1 aliphatic rings. The molecule has 0 aliphatic carbocycles. The Balaban J connectivity index is 1.62. The van der Waals surface area contributed by atoms with Gasteiger partial charge in [-0.1, -0.05) is 12.1 Å². The van der Waals surface area contributed by atoms with E-state index in [1.54, 1.807) is 11.9 Å². The summed E-state index contributed by atoms with van der Waals surface area (Å²) >= 11 is 0. The summed E-state index contributed by atoms with van der Waals surface area (Å²) in [6.07, 6.45) is -0.171. The SMILES string of the molecule is CN(C[C@@H]1COc2ccccc2O1)C(=O)c1ccc(N(C)C)cc1. The van der Waals surface area contributed by atoms with Crippen LogP contribution in [0, 0.1) is 0 Å². The van der Waals surface area contributed by atoms with Crippen molar-refractivity contribution in [1.82, 2.24) is 4.90 Å². The molecule has 1 atom stereocenters. The van der Waals surface area contributed by atoms with Crippen molar-refractivity contribution in [3.8, 4) is 11.5 Å². The molecular formula is C19H22N2O3. The molecule has 5 heteroatoms. The molecule has 0 radical (unpaired) electrons. The number of amides is 1. The zero-order valence-corrected chi connectivity index (χ0v) is 14.2. The Morgan fingerprint density at radius 2 is 1.71 bits per heavy atom. The minimum atomic E-state index is -0.171. The van der Waals surface area contributed by atoms with E-state index in [2.05, 4.69) is 0 Å². The highest BCUT2D eigenvalue weighted by Crippen LogP contribution is 2.31. The molecule has 0 bridgehead atoms. The molecule has 2 aromatic rings. The first-order valence-electron chi connectivity index (χ1n) is 7.96. The van der Waals surface area contributed by atoms with Crippen LogP contribution in [-0.2, 0) is 0 Å². The van der Waals surface area contributed by atoms with Crippen LogP contribution < -0.4 is 14.4 Å². The molecule has 2 aromatic carbocycles. The highest BCUT2D eigenvalue weighted by atomic mass is 16.6. The van der Waals surface area contributed by atoms with Crippen LogP contribution in [0.3, 0.4) is 0 Å². The zero-order chi connectivity index (χ0) is 17.1. The minimum absolute atomic E-state index is 0.0252. The van der Waals surface area contributed by atoms with Gasteiger partial charge in [0.25, 0.3) is 5.91 Å². The van der Waals surface area contributed by atoms with E-state index in [1.165, 1.54) is 0 Å². The third-order valence-electron chi connectivity index (χ3n) is 4.02. The number of hydrogen-bond donors (Lipinski definition) is 0.